The van der Waals surface area contributed by atoms with Crippen LogP contribution in [-0.4, -0.2) is 47.7 Å². The number of rotatable bonds is 3. The van der Waals surface area contributed by atoms with E-state index in [1.807, 2.05) is 30.7 Å². The summed E-state index contributed by atoms with van der Waals surface area (Å²) >= 11 is 12.3. The van der Waals surface area contributed by atoms with Crippen molar-refractivity contribution in [1.29, 1.82) is 0 Å². The molecule has 28 heavy (non-hydrogen) atoms. The number of hydrogen-bond acceptors (Lipinski definition) is 6. The van der Waals surface area contributed by atoms with Crippen LogP contribution in [0.1, 0.15) is 17.7 Å². The molecule has 0 amide bonds. The van der Waals surface area contributed by atoms with Gasteiger partial charge in [0.05, 0.1) is 6.04 Å². The Bertz CT molecular complexity index is 1170. The third-order valence-corrected chi connectivity index (χ3v) is 5.25. The van der Waals surface area contributed by atoms with Gasteiger partial charge in [-0.2, -0.15) is 9.61 Å². The van der Waals surface area contributed by atoms with Gasteiger partial charge in [0.25, 0.3) is 0 Å². The molecular formula is C18H16Cl2N8. The number of halogens is 2. The minimum atomic E-state index is 0.297. The van der Waals surface area contributed by atoms with E-state index in [9.17, 15) is 0 Å². The van der Waals surface area contributed by atoms with Gasteiger partial charge in [-0.3, -0.25) is 0 Å². The summed E-state index contributed by atoms with van der Waals surface area (Å²) in [6.07, 6.45) is 0. The van der Waals surface area contributed by atoms with Gasteiger partial charge < -0.3 is 4.90 Å². The zero-order chi connectivity index (χ0) is 19.4. The normalized spacial score (nSPS) is 14.6. The molecular weight excluding hydrogens is 399 g/mol. The molecule has 5 rings (SSSR count). The molecule has 1 aliphatic heterocycles. The topological polar surface area (TPSA) is 77.0 Å². The summed E-state index contributed by atoms with van der Waals surface area (Å²) in [5.74, 6) is 3.18. The number of benzene rings is 1. The van der Waals surface area contributed by atoms with E-state index in [4.69, 9.17) is 28.3 Å². The van der Waals surface area contributed by atoms with Crippen molar-refractivity contribution >= 4 is 34.7 Å². The van der Waals surface area contributed by atoms with Gasteiger partial charge in [-0.1, -0.05) is 23.2 Å². The number of aryl methyl sites for hydroxylation is 2. The van der Waals surface area contributed by atoms with Crippen molar-refractivity contribution in [2.45, 2.75) is 19.9 Å². The SMILES string of the molecule is Cc1nc(C)n(C2CN(c3ccc4nnc(-c5cc(Cl)cc(Cl)c5)n4n3)C2)n1. The molecule has 0 aliphatic carbocycles. The van der Waals surface area contributed by atoms with Crippen LogP contribution in [0.5, 0.6) is 0 Å². The molecule has 4 heterocycles. The van der Waals surface area contributed by atoms with E-state index < -0.39 is 0 Å². The van der Waals surface area contributed by atoms with Crippen molar-refractivity contribution in [2.24, 2.45) is 0 Å². The van der Waals surface area contributed by atoms with Gasteiger partial charge in [0.15, 0.2) is 11.5 Å². The first-order valence-corrected chi connectivity index (χ1v) is 9.57. The summed E-state index contributed by atoms with van der Waals surface area (Å²) in [5.41, 5.74) is 1.43. The Balaban J connectivity index is 1.45. The first-order valence-electron chi connectivity index (χ1n) is 8.81. The Morgan fingerprint density at radius 3 is 2.39 bits per heavy atom. The second-order valence-electron chi connectivity index (χ2n) is 6.85. The van der Waals surface area contributed by atoms with Crippen molar-refractivity contribution in [2.75, 3.05) is 18.0 Å². The van der Waals surface area contributed by atoms with Crippen LogP contribution in [0.25, 0.3) is 17.0 Å². The molecule has 4 aromatic rings. The molecule has 0 atom stereocenters. The number of hydrogen-bond donors (Lipinski definition) is 0. The highest BCUT2D eigenvalue weighted by molar-refractivity contribution is 6.35. The molecule has 0 unspecified atom stereocenters. The van der Waals surface area contributed by atoms with Crippen LogP contribution < -0.4 is 4.90 Å². The molecule has 1 saturated heterocycles. The number of nitrogens with zero attached hydrogens (tertiary/aromatic N) is 8. The average molecular weight is 415 g/mol. The lowest BCUT2D eigenvalue weighted by Crippen LogP contribution is -2.49. The van der Waals surface area contributed by atoms with Crippen LogP contribution in [0.15, 0.2) is 30.3 Å². The molecule has 0 N–H and O–H groups in total. The average Bonchev–Trinajstić information content (AvgIpc) is 3.15. The second-order valence-corrected chi connectivity index (χ2v) is 7.73. The smallest absolute Gasteiger partial charge is 0.185 e. The minimum absolute atomic E-state index is 0.297. The summed E-state index contributed by atoms with van der Waals surface area (Å²) in [6, 6.07) is 9.44. The van der Waals surface area contributed by atoms with Gasteiger partial charge in [-0.05, 0) is 44.2 Å². The molecule has 1 fully saturated rings. The van der Waals surface area contributed by atoms with Crippen molar-refractivity contribution in [3.8, 4) is 11.4 Å². The zero-order valence-corrected chi connectivity index (χ0v) is 16.7. The molecule has 142 valence electrons. The first kappa shape index (κ1) is 17.4. The van der Waals surface area contributed by atoms with E-state index in [2.05, 4.69) is 25.2 Å². The van der Waals surface area contributed by atoms with Gasteiger partial charge in [-0.25, -0.2) is 9.67 Å². The molecule has 3 aromatic heterocycles. The third-order valence-electron chi connectivity index (χ3n) is 4.81. The maximum atomic E-state index is 6.14. The van der Waals surface area contributed by atoms with Crippen LogP contribution in [0.3, 0.4) is 0 Å². The lowest BCUT2D eigenvalue weighted by molar-refractivity contribution is 0.357. The monoisotopic (exact) mass is 414 g/mol. The zero-order valence-electron chi connectivity index (χ0n) is 15.2. The fraction of sp³-hybridized carbons (Fsp3) is 0.278. The van der Waals surface area contributed by atoms with E-state index in [1.165, 1.54) is 0 Å². The largest absolute Gasteiger partial charge is 0.351 e. The molecule has 0 radical (unpaired) electrons. The van der Waals surface area contributed by atoms with Crippen LogP contribution in [0.4, 0.5) is 5.82 Å². The second kappa shape index (κ2) is 6.42. The van der Waals surface area contributed by atoms with Gasteiger partial charge in [0.1, 0.15) is 17.5 Å². The van der Waals surface area contributed by atoms with Gasteiger partial charge in [0, 0.05) is 28.7 Å². The third kappa shape index (κ3) is 2.89. The summed E-state index contributed by atoms with van der Waals surface area (Å²) < 4.78 is 3.71. The van der Waals surface area contributed by atoms with E-state index in [1.54, 1.807) is 22.7 Å². The number of fused-ring (bicyclic) bond motifs is 1. The number of anilines is 1. The van der Waals surface area contributed by atoms with Gasteiger partial charge in [-0.15, -0.1) is 15.3 Å². The molecule has 0 spiro atoms. The van der Waals surface area contributed by atoms with E-state index in [0.717, 1.165) is 36.1 Å². The summed E-state index contributed by atoms with van der Waals surface area (Å²) in [6.45, 7) is 5.53. The maximum Gasteiger partial charge on any atom is 0.185 e. The maximum absolute atomic E-state index is 6.14. The van der Waals surface area contributed by atoms with E-state index >= 15 is 0 Å². The Morgan fingerprint density at radius 1 is 0.964 bits per heavy atom. The summed E-state index contributed by atoms with van der Waals surface area (Å²) in [4.78, 5) is 6.57. The molecule has 10 heteroatoms. The van der Waals surface area contributed by atoms with Crippen molar-refractivity contribution in [3.05, 3.63) is 52.0 Å². The summed E-state index contributed by atoms with van der Waals surface area (Å²) in [7, 11) is 0. The highest BCUT2D eigenvalue weighted by Crippen LogP contribution is 2.29. The quantitative estimate of drug-likeness (QED) is 0.511. The highest BCUT2D eigenvalue weighted by Gasteiger charge is 2.31. The van der Waals surface area contributed by atoms with Crippen LogP contribution in [0, 0.1) is 13.8 Å². The fourth-order valence-electron chi connectivity index (χ4n) is 3.49. The lowest BCUT2D eigenvalue weighted by atomic mass is 10.1. The van der Waals surface area contributed by atoms with Crippen molar-refractivity contribution < 1.29 is 0 Å². The first-order chi connectivity index (χ1) is 13.5. The van der Waals surface area contributed by atoms with Crippen LogP contribution in [0.2, 0.25) is 10.0 Å². The molecule has 0 saturated carbocycles. The highest BCUT2D eigenvalue weighted by atomic mass is 35.5. The standard InChI is InChI=1S/C18H16Cl2N8/c1-10-21-11(2)27(24-10)15-8-26(9-15)17-4-3-16-22-23-18(28(16)25-17)12-5-13(19)7-14(20)6-12/h3-7,15H,8-9H2,1-2H3. The number of aromatic nitrogens is 7. The lowest BCUT2D eigenvalue weighted by Gasteiger charge is -2.40. The molecule has 0 bridgehead atoms. The van der Waals surface area contributed by atoms with Gasteiger partial charge in [0.2, 0.25) is 0 Å². The molecule has 8 nitrogen and oxygen atoms in total. The molecule has 1 aromatic carbocycles. The van der Waals surface area contributed by atoms with Crippen molar-refractivity contribution in [1.82, 2.24) is 34.6 Å². The Labute approximate surface area is 170 Å². The predicted octanol–water partition coefficient (Wildman–Crippen LogP) is 3.37. The van der Waals surface area contributed by atoms with Crippen LogP contribution in [-0.2, 0) is 0 Å². The van der Waals surface area contributed by atoms with E-state index in [0.29, 0.717) is 27.6 Å². The minimum Gasteiger partial charge on any atom is -0.351 e. The molecule has 1 aliphatic rings. The van der Waals surface area contributed by atoms with Gasteiger partial charge >= 0.3 is 0 Å². The van der Waals surface area contributed by atoms with Crippen molar-refractivity contribution in [3.63, 3.8) is 0 Å². The predicted molar refractivity (Wildman–Crippen MR) is 107 cm³/mol. The Morgan fingerprint density at radius 2 is 1.71 bits per heavy atom. The van der Waals surface area contributed by atoms with Crippen LogP contribution >= 0.6 is 23.2 Å². The Kier molecular flexibility index (Phi) is 3.99. The fourth-order valence-corrected chi connectivity index (χ4v) is 4.02. The summed E-state index contributed by atoms with van der Waals surface area (Å²) in [5, 5.41) is 18.8. The van der Waals surface area contributed by atoms with E-state index in [-0.39, 0.29) is 0 Å². The Hall–Kier alpha value is -2.71.